The number of nitro benzene ring substituents is 1. The number of carbonyl (C=O) groups is 1. The zero-order chi connectivity index (χ0) is 16.0. The first-order valence-corrected chi connectivity index (χ1v) is 6.27. The van der Waals surface area contributed by atoms with Gasteiger partial charge in [-0.15, -0.1) is 0 Å². The highest BCUT2D eigenvalue weighted by Gasteiger charge is 2.19. The van der Waals surface area contributed by atoms with Gasteiger partial charge >= 0.3 is 6.03 Å². The van der Waals surface area contributed by atoms with E-state index in [1.807, 2.05) is 0 Å². The van der Waals surface area contributed by atoms with Gasteiger partial charge in [0.15, 0.2) is 6.29 Å². The number of carbonyl (C=O) groups excluding carboxylic acids is 1. The summed E-state index contributed by atoms with van der Waals surface area (Å²) in [7, 11) is 2.93. The Morgan fingerprint density at radius 1 is 1.33 bits per heavy atom. The largest absolute Gasteiger partial charge is 0.354 e. The lowest BCUT2D eigenvalue weighted by Crippen LogP contribution is -2.44. The predicted molar refractivity (Wildman–Crippen MR) is 77.3 cm³/mol. The maximum Gasteiger partial charge on any atom is 0.319 e. The Bertz CT molecular complexity index is 517. The first-order valence-electron chi connectivity index (χ1n) is 6.27. The van der Waals surface area contributed by atoms with Crippen molar-refractivity contribution in [3.63, 3.8) is 0 Å². The molecule has 0 aliphatic rings. The fourth-order valence-electron chi connectivity index (χ4n) is 1.89. The minimum absolute atomic E-state index is 0.0486. The molecule has 0 aliphatic heterocycles. The third kappa shape index (κ3) is 4.40. The molecule has 2 amide bonds. The zero-order valence-corrected chi connectivity index (χ0v) is 12.4. The first kappa shape index (κ1) is 16.9. The van der Waals surface area contributed by atoms with Crippen molar-refractivity contribution in [3.05, 3.63) is 33.9 Å². The monoisotopic (exact) mass is 297 g/mol. The molecular formula is C13H19N3O5. The van der Waals surface area contributed by atoms with Crippen molar-refractivity contribution >= 4 is 17.4 Å². The third-order valence-corrected chi connectivity index (χ3v) is 2.98. The van der Waals surface area contributed by atoms with Crippen molar-refractivity contribution in [1.82, 2.24) is 5.32 Å². The van der Waals surface area contributed by atoms with Crippen LogP contribution >= 0.6 is 0 Å². The van der Waals surface area contributed by atoms with Gasteiger partial charge in [0.25, 0.3) is 5.69 Å². The second-order valence-electron chi connectivity index (χ2n) is 4.43. The highest BCUT2D eigenvalue weighted by Crippen LogP contribution is 2.24. The Kier molecular flexibility index (Phi) is 6.07. The van der Waals surface area contributed by atoms with Crippen molar-refractivity contribution in [2.75, 3.05) is 19.5 Å². The van der Waals surface area contributed by atoms with E-state index in [1.165, 1.54) is 26.4 Å². The molecule has 1 rings (SSSR count). The molecule has 0 aliphatic carbocycles. The Morgan fingerprint density at radius 3 is 2.48 bits per heavy atom. The van der Waals surface area contributed by atoms with Crippen LogP contribution in [0.3, 0.4) is 0 Å². The lowest BCUT2D eigenvalue weighted by Gasteiger charge is -2.22. The van der Waals surface area contributed by atoms with Gasteiger partial charge in [-0.05, 0) is 19.9 Å². The van der Waals surface area contributed by atoms with Gasteiger partial charge in [-0.2, -0.15) is 0 Å². The smallest absolute Gasteiger partial charge is 0.319 e. The van der Waals surface area contributed by atoms with E-state index in [0.29, 0.717) is 11.3 Å². The predicted octanol–water partition coefficient (Wildman–Crippen LogP) is 2.03. The molecule has 116 valence electrons. The highest BCUT2D eigenvalue weighted by molar-refractivity contribution is 5.90. The Morgan fingerprint density at radius 2 is 1.95 bits per heavy atom. The third-order valence-electron chi connectivity index (χ3n) is 2.98. The van der Waals surface area contributed by atoms with Gasteiger partial charge in [0.05, 0.1) is 22.2 Å². The molecule has 0 heterocycles. The average Bonchev–Trinajstić information content (AvgIpc) is 2.42. The molecular weight excluding hydrogens is 278 g/mol. The summed E-state index contributed by atoms with van der Waals surface area (Å²) in [5.41, 5.74) is 0.716. The topological polar surface area (TPSA) is 103 Å². The summed E-state index contributed by atoms with van der Waals surface area (Å²) in [6.07, 6.45) is -0.582. The van der Waals surface area contributed by atoms with E-state index in [0.717, 1.165) is 0 Å². The van der Waals surface area contributed by atoms with Crippen molar-refractivity contribution in [3.8, 4) is 0 Å². The summed E-state index contributed by atoms with van der Waals surface area (Å²) in [4.78, 5) is 22.2. The lowest BCUT2D eigenvalue weighted by molar-refractivity contribution is -0.385. The normalized spacial score (nSPS) is 12.0. The number of ether oxygens (including phenoxy) is 2. The van der Waals surface area contributed by atoms with Gasteiger partial charge in [-0.3, -0.25) is 10.1 Å². The van der Waals surface area contributed by atoms with Gasteiger partial charge < -0.3 is 20.1 Å². The molecule has 21 heavy (non-hydrogen) atoms. The Labute approximate surface area is 122 Å². The van der Waals surface area contributed by atoms with Crippen LogP contribution in [0.2, 0.25) is 0 Å². The van der Waals surface area contributed by atoms with E-state index >= 15 is 0 Å². The molecule has 0 fully saturated rings. The van der Waals surface area contributed by atoms with Crippen molar-refractivity contribution in [1.29, 1.82) is 0 Å². The summed E-state index contributed by atoms with van der Waals surface area (Å²) in [6, 6.07) is 3.60. The second-order valence-corrected chi connectivity index (χ2v) is 4.43. The molecule has 0 unspecified atom stereocenters. The number of nitrogens with zero attached hydrogens (tertiary/aromatic N) is 1. The maximum absolute atomic E-state index is 11.9. The van der Waals surface area contributed by atoms with Crippen LogP contribution in [0.15, 0.2) is 18.2 Å². The van der Waals surface area contributed by atoms with Crippen LogP contribution in [0.25, 0.3) is 0 Å². The number of nitro groups is 1. The van der Waals surface area contributed by atoms with Crippen LogP contribution in [0.4, 0.5) is 16.2 Å². The molecule has 8 heteroatoms. The van der Waals surface area contributed by atoms with Gasteiger partial charge in [0.1, 0.15) is 0 Å². The van der Waals surface area contributed by atoms with Crippen LogP contribution < -0.4 is 10.6 Å². The highest BCUT2D eigenvalue weighted by atomic mass is 16.7. The van der Waals surface area contributed by atoms with Crippen LogP contribution in [0, 0.1) is 17.0 Å². The summed E-state index contributed by atoms with van der Waals surface area (Å²) >= 11 is 0. The number of hydrogen-bond acceptors (Lipinski definition) is 5. The van der Waals surface area contributed by atoms with Crippen LogP contribution in [-0.4, -0.2) is 37.5 Å². The standard InChI is InChI=1S/C13H19N3O5/c1-8-10(6-5-7-11(8)16(18)19)15-13(17)14-9(2)12(20-3)21-4/h5-7,9,12H,1-4H3,(H2,14,15,17)/t9-/m1/s1. The minimum atomic E-state index is -0.582. The van der Waals surface area contributed by atoms with E-state index in [-0.39, 0.29) is 11.7 Å². The molecule has 8 nitrogen and oxygen atoms in total. The van der Waals surface area contributed by atoms with E-state index in [1.54, 1.807) is 19.9 Å². The molecule has 1 aromatic carbocycles. The van der Waals surface area contributed by atoms with E-state index < -0.39 is 17.2 Å². The maximum atomic E-state index is 11.9. The fourth-order valence-corrected chi connectivity index (χ4v) is 1.89. The van der Waals surface area contributed by atoms with Crippen LogP contribution in [0.5, 0.6) is 0 Å². The van der Waals surface area contributed by atoms with E-state index in [2.05, 4.69) is 10.6 Å². The van der Waals surface area contributed by atoms with Crippen molar-refractivity contribution in [2.24, 2.45) is 0 Å². The number of hydrogen-bond donors (Lipinski definition) is 2. The quantitative estimate of drug-likeness (QED) is 0.475. The fraction of sp³-hybridized carbons (Fsp3) is 0.462. The molecule has 0 spiro atoms. The minimum Gasteiger partial charge on any atom is -0.354 e. The molecule has 0 bridgehead atoms. The summed E-state index contributed by atoms with van der Waals surface area (Å²) in [5, 5.41) is 16.1. The molecule has 0 aromatic heterocycles. The first-order chi connectivity index (χ1) is 9.90. The number of benzene rings is 1. The molecule has 1 aromatic rings. The number of anilines is 1. The molecule has 0 saturated carbocycles. The summed E-state index contributed by atoms with van der Waals surface area (Å²) in [5.74, 6) is 0. The average molecular weight is 297 g/mol. The SMILES string of the molecule is COC(OC)[C@@H](C)NC(=O)Nc1cccc([N+](=O)[O-])c1C. The van der Waals surface area contributed by atoms with Gasteiger partial charge in [0.2, 0.25) is 0 Å². The summed E-state index contributed by atoms with van der Waals surface area (Å²) < 4.78 is 10.1. The van der Waals surface area contributed by atoms with Crippen molar-refractivity contribution < 1.29 is 19.2 Å². The summed E-state index contributed by atoms with van der Waals surface area (Å²) in [6.45, 7) is 3.29. The van der Waals surface area contributed by atoms with E-state index in [4.69, 9.17) is 9.47 Å². The van der Waals surface area contributed by atoms with E-state index in [9.17, 15) is 14.9 Å². The van der Waals surface area contributed by atoms with Gasteiger partial charge in [-0.25, -0.2) is 4.79 Å². The Hall–Kier alpha value is -2.19. The van der Waals surface area contributed by atoms with Gasteiger partial charge in [0, 0.05) is 20.3 Å². The number of urea groups is 1. The Balaban J connectivity index is 2.76. The number of amides is 2. The van der Waals surface area contributed by atoms with Crippen molar-refractivity contribution in [2.45, 2.75) is 26.2 Å². The second kappa shape index (κ2) is 7.55. The number of methoxy groups -OCH3 is 2. The zero-order valence-electron chi connectivity index (χ0n) is 12.4. The van der Waals surface area contributed by atoms with Crippen LogP contribution in [-0.2, 0) is 9.47 Å². The molecule has 0 radical (unpaired) electrons. The number of nitrogens with one attached hydrogen (secondary N) is 2. The van der Waals surface area contributed by atoms with Gasteiger partial charge in [-0.1, -0.05) is 6.07 Å². The number of rotatable bonds is 6. The molecule has 1 atom stereocenters. The molecule has 2 N–H and O–H groups in total. The molecule has 0 saturated heterocycles. The lowest BCUT2D eigenvalue weighted by atomic mass is 10.1. The van der Waals surface area contributed by atoms with Crippen LogP contribution in [0.1, 0.15) is 12.5 Å².